The Morgan fingerprint density at radius 2 is 2.12 bits per heavy atom. The van der Waals surface area contributed by atoms with Gasteiger partial charge in [0.15, 0.2) is 5.17 Å². The van der Waals surface area contributed by atoms with Crippen molar-refractivity contribution in [1.29, 1.82) is 0 Å². The first-order valence-electron chi connectivity index (χ1n) is 5.74. The molecule has 0 amide bonds. The maximum Gasteiger partial charge on any atom is 0.154 e. The molecule has 0 heterocycles. The molecule has 3 nitrogen and oxygen atoms in total. The van der Waals surface area contributed by atoms with Crippen LogP contribution in [-0.4, -0.2) is 23.6 Å². The lowest BCUT2D eigenvalue weighted by atomic mass is 10.2. The van der Waals surface area contributed by atoms with Crippen LogP contribution in [0.25, 0.3) is 0 Å². The average Bonchev–Trinajstić information content (AvgIpc) is 2.25. The van der Waals surface area contributed by atoms with Crippen LogP contribution in [0.4, 0.5) is 0 Å². The first-order valence-corrected chi connectivity index (χ1v) is 6.72. The van der Waals surface area contributed by atoms with Gasteiger partial charge >= 0.3 is 0 Å². The highest BCUT2D eigenvalue weighted by Crippen LogP contribution is 2.16. The summed E-state index contributed by atoms with van der Waals surface area (Å²) in [7, 11) is 0. The van der Waals surface area contributed by atoms with Gasteiger partial charge in [-0.15, -0.1) is 0 Å². The second-order valence-electron chi connectivity index (χ2n) is 4.02. The topological polar surface area (TPSA) is 47.6 Å². The number of aryl methyl sites for hydroxylation is 1. The van der Waals surface area contributed by atoms with Gasteiger partial charge in [0.25, 0.3) is 0 Å². The third-order valence-corrected chi connectivity index (χ3v) is 2.84. The van der Waals surface area contributed by atoms with Crippen molar-refractivity contribution in [2.24, 2.45) is 10.7 Å². The second kappa shape index (κ2) is 7.22. The number of aliphatic imine (C=N–C) groups is 1. The zero-order valence-corrected chi connectivity index (χ0v) is 11.5. The molecule has 0 aliphatic carbocycles. The smallest absolute Gasteiger partial charge is 0.154 e. The van der Waals surface area contributed by atoms with Crippen LogP contribution in [-0.2, 0) is 0 Å². The number of hydrogen-bond acceptors (Lipinski definition) is 3. The van der Waals surface area contributed by atoms with Crippen LogP contribution in [0.5, 0.6) is 5.75 Å². The molecule has 0 saturated carbocycles. The van der Waals surface area contributed by atoms with E-state index in [1.165, 1.54) is 11.8 Å². The van der Waals surface area contributed by atoms with Crippen molar-refractivity contribution < 1.29 is 4.74 Å². The molecule has 0 aliphatic rings. The zero-order valence-electron chi connectivity index (χ0n) is 10.6. The number of rotatable bonds is 5. The normalized spacial score (nSPS) is 11.9. The van der Waals surface area contributed by atoms with Gasteiger partial charge in [0.2, 0.25) is 0 Å². The van der Waals surface area contributed by atoms with E-state index in [4.69, 9.17) is 10.5 Å². The van der Waals surface area contributed by atoms with Crippen molar-refractivity contribution in [1.82, 2.24) is 0 Å². The van der Waals surface area contributed by atoms with Gasteiger partial charge in [-0.25, -0.2) is 0 Å². The predicted molar refractivity (Wildman–Crippen MR) is 75.9 cm³/mol. The van der Waals surface area contributed by atoms with Crippen molar-refractivity contribution in [2.45, 2.75) is 26.8 Å². The van der Waals surface area contributed by atoms with Crippen molar-refractivity contribution in [3.05, 3.63) is 29.8 Å². The van der Waals surface area contributed by atoms with Gasteiger partial charge in [-0.2, -0.15) is 0 Å². The van der Waals surface area contributed by atoms with Crippen LogP contribution in [0.15, 0.2) is 29.3 Å². The fraction of sp³-hybridized carbons (Fsp3) is 0.462. The Kier molecular flexibility index (Phi) is 5.91. The van der Waals surface area contributed by atoms with E-state index in [0.29, 0.717) is 11.8 Å². The Hall–Kier alpha value is -1.16. The molecule has 0 radical (unpaired) electrons. The second-order valence-corrected chi connectivity index (χ2v) is 5.14. The molecule has 94 valence electrons. The lowest BCUT2D eigenvalue weighted by Crippen LogP contribution is -2.12. The molecule has 17 heavy (non-hydrogen) atoms. The minimum Gasteiger partial charge on any atom is -0.492 e. The Bertz CT molecular complexity index is 377. The number of nitrogens with two attached hydrogens (primary N) is 1. The third-order valence-electron chi connectivity index (χ3n) is 2.07. The molecule has 0 spiro atoms. The number of benzene rings is 1. The van der Waals surface area contributed by atoms with Crippen LogP contribution in [0, 0.1) is 6.92 Å². The number of nitrogens with zero attached hydrogens (tertiary/aromatic N) is 1. The molecule has 2 N–H and O–H groups in total. The van der Waals surface area contributed by atoms with Gasteiger partial charge in [0.1, 0.15) is 5.75 Å². The van der Waals surface area contributed by atoms with E-state index in [1.807, 2.05) is 45.0 Å². The molecule has 0 bridgehead atoms. The van der Waals surface area contributed by atoms with E-state index in [0.717, 1.165) is 17.1 Å². The molecule has 1 aromatic carbocycles. The summed E-state index contributed by atoms with van der Waals surface area (Å²) < 4.78 is 5.66. The van der Waals surface area contributed by atoms with E-state index in [-0.39, 0.29) is 6.04 Å². The highest BCUT2D eigenvalue weighted by molar-refractivity contribution is 8.13. The van der Waals surface area contributed by atoms with E-state index >= 15 is 0 Å². The first kappa shape index (κ1) is 13.9. The Labute approximate surface area is 107 Å². The summed E-state index contributed by atoms with van der Waals surface area (Å²) in [6, 6.07) is 8.25. The minimum absolute atomic E-state index is 0.250. The lowest BCUT2D eigenvalue weighted by molar-refractivity contribution is 0.342. The maximum absolute atomic E-state index is 5.74. The highest BCUT2D eigenvalue weighted by atomic mass is 32.2. The predicted octanol–water partition coefficient (Wildman–Crippen LogP) is 2.83. The molecule has 0 unspecified atom stereocenters. The first-order chi connectivity index (χ1) is 8.09. The van der Waals surface area contributed by atoms with Gasteiger partial charge < -0.3 is 10.5 Å². The lowest BCUT2D eigenvalue weighted by Gasteiger charge is -2.08. The van der Waals surface area contributed by atoms with E-state index in [9.17, 15) is 0 Å². The summed E-state index contributed by atoms with van der Waals surface area (Å²) in [5, 5.41) is 0.633. The SMILES string of the molecule is Cc1ccccc1OCCSC(N)=NC(C)C. The Balaban J connectivity index is 2.27. The van der Waals surface area contributed by atoms with Crippen molar-refractivity contribution >= 4 is 16.9 Å². The van der Waals surface area contributed by atoms with Crippen LogP contribution in [0.2, 0.25) is 0 Å². The quantitative estimate of drug-likeness (QED) is 0.498. The maximum atomic E-state index is 5.74. The van der Waals surface area contributed by atoms with Gasteiger partial charge in [-0.05, 0) is 32.4 Å². The molecule has 0 atom stereocenters. The number of ether oxygens (including phenoxy) is 1. The van der Waals surface area contributed by atoms with Crippen molar-refractivity contribution in [3.63, 3.8) is 0 Å². The van der Waals surface area contributed by atoms with Crippen molar-refractivity contribution in [3.8, 4) is 5.75 Å². The van der Waals surface area contributed by atoms with E-state index < -0.39 is 0 Å². The number of para-hydroxylation sites is 1. The van der Waals surface area contributed by atoms with Gasteiger partial charge in [-0.1, -0.05) is 30.0 Å². The molecular weight excluding hydrogens is 232 g/mol. The van der Waals surface area contributed by atoms with E-state index in [2.05, 4.69) is 4.99 Å². The number of hydrogen-bond donors (Lipinski definition) is 1. The summed E-state index contributed by atoms with van der Waals surface area (Å²) in [5.74, 6) is 1.75. The summed E-state index contributed by atoms with van der Waals surface area (Å²) in [5.41, 5.74) is 6.90. The van der Waals surface area contributed by atoms with Crippen LogP contribution < -0.4 is 10.5 Å². The molecule has 0 saturated heterocycles. The minimum atomic E-state index is 0.250. The summed E-state index contributed by atoms with van der Waals surface area (Å²) in [6.07, 6.45) is 0. The Morgan fingerprint density at radius 3 is 2.76 bits per heavy atom. The van der Waals surface area contributed by atoms with Crippen LogP contribution in [0.3, 0.4) is 0 Å². The third kappa shape index (κ3) is 5.63. The standard InChI is InChI=1S/C13H20N2OS/c1-10(2)15-13(14)17-9-8-16-12-7-5-4-6-11(12)3/h4-7,10H,8-9H2,1-3H3,(H2,14,15). The summed E-state index contributed by atoms with van der Waals surface area (Å²) in [4.78, 5) is 4.24. The average molecular weight is 252 g/mol. The number of thioether (sulfide) groups is 1. The molecular formula is C13H20N2OS. The Morgan fingerprint density at radius 1 is 1.41 bits per heavy atom. The van der Waals surface area contributed by atoms with Gasteiger partial charge in [0.05, 0.1) is 6.61 Å². The summed E-state index contributed by atoms with van der Waals surface area (Å²) >= 11 is 1.53. The fourth-order valence-corrected chi connectivity index (χ4v) is 1.97. The van der Waals surface area contributed by atoms with Gasteiger partial charge in [-0.3, -0.25) is 4.99 Å². The van der Waals surface area contributed by atoms with Crippen molar-refractivity contribution in [2.75, 3.05) is 12.4 Å². The molecule has 4 heteroatoms. The molecule has 1 rings (SSSR count). The molecule has 0 aliphatic heterocycles. The fourth-order valence-electron chi connectivity index (χ4n) is 1.31. The summed E-state index contributed by atoms with van der Waals surface area (Å²) in [6.45, 7) is 6.70. The molecule has 1 aromatic rings. The monoisotopic (exact) mass is 252 g/mol. The number of amidine groups is 1. The van der Waals surface area contributed by atoms with Crippen LogP contribution >= 0.6 is 11.8 Å². The largest absolute Gasteiger partial charge is 0.492 e. The highest BCUT2D eigenvalue weighted by Gasteiger charge is 1.99. The molecule has 0 fully saturated rings. The van der Waals surface area contributed by atoms with Gasteiger partial charge in [0, 0.05) is 11.8 Å². The molecule has 0 aromatic heterocycles. The zero-order chi connectivity index (χ0) is 12.7. The van der Waals surface area contributed by atoms with E-state index in [1.54, 1.807) is 0 Å². The van der Waals surface area contributed by atoms with Crippen LogP contribution in [0.1, 0.15) is 19.4 Å².